The van der Waals surface area contributed by atoms with Gasteiger partial charge in [0.1, 0.15) is 5.82 Å². The lowest BCUT2D eigenvalue weighted by Crippen LogP contribution is -2.07. The summed E-state index contributed by atoms with van der Waals surface area (Å²) in [4.78, 5) is 12.8. The first-order valence-electron chi connectivity index (χ1n) is 9.29. The van der Waals surface area contributed by atoms with Crippen LogP contribution in [0.4, 0.5) is 17.5 Å². The minimum atomic E-state index is 0.323. The Balaban J connectivity index is 1.54. The van der Waals surface area contributed by atoms with Gasteiger partial charge in [0.2, 0.25) is 5.95 Å². The largest absolute Gasteiger partial charge is 0.373 e. The molecular weight excluding hydrogens is 334 g/mol. The monoisotopic (exact) mass is 355 g/mol. The first-order chi connectivity index (χ1) is 13.3. The summed E-state index contributed by atoms with van der Waals surface area (Å²) in [6.45, 7) is 0. The number of H-pyrrole nitrogens is 1. The Hall–Kier alpha value is -3.34. The van der Waals surface area contributed by atoms with Crippen LogP contribution in [0.2, 0.25) is 0 Å². The highest BCUT2D eigenvalue weighted by molar-refractivity contribution is 5.83. The Bertz CT molecular complexity index is 1100. The van der Waals surface area contributed by atoms with E-state index in [0.717, 1.165) is 40.9 Å². The number of anilines is 3. The number of aromatic amines is 1. The second-order valence-corrected chi connectivity index (χ2v) is 6.92. The number of fused-ring (bicyclic) bond motifs is 2. The smallest absolute Gasteiger partial charge is 0.229 e. The van der Waals surface area contributed by atoms with Gasteiger partial charge in [0.05, 0.1) is 5.69 Å². The van der Waals surface area contributed by atoms with Gasteiger partial charge in [0.25, 0.3) is 0 Å². The highest BCUT2D eigenvalue weighted by Crippen LogP contribution is 2.40. The van der Waals surface area contributed by atoms with E-state index in [4.69, 9.17) is 9.97 Å². The molecule has 0 fully saturated rings. The number of nitrogens with one attached hydrogen (secondary N) is 3. The van der Waals surface area contributed by atoms with Crippen molar-refractivity contribution in [3.8, 4) is 0 Å². The quantitative estimate of drug-likeness (QED) is 0.491. The molecule has 27 heavy (non-hydrogen) atoms. The van der Waals surface area contributed by atoms with E-state index in [0.29, 0.717) is 11.9 Å². The minimum absolute atomic E-state index is 0.323. The molecule has 4 aromatic rings. The van der Waals surface area contributed by atoms with Crippen LogP contribution in [-0.4, -0.2) is 22.0 Å². The molecule has 1 aliphatic carbocycles. The maximum absolute atomic E-state index is 4.91. The topological polar surface area (TPSA) is 65.6 Å². The lowest BCUT2D eigenvalue weighted by atomic mass is 9.97. The third-order valence-electron chi connectivity index (χ3n) is 5.30. The molecule has 134 valence electrons. The van der Waals surface area contributed by atoms with Crippen LogP contribution < -0.4 is 10.6 Å². The van der Waals surface area contributed by atoms with Crippen molar-refractivity contribution in [1.82, 2.24) is 15.0 Å². The van der Waals surface area contributed by atoms with Gasteiger partial charge in [-0.1, -0.05) is 30.3 Å². The second-order valence-electron chi connectivity index (χ2n) is 6.92. The molecule has 0 radical (unpaired) electrons. The van der Waals surface area contributed by atoms with Crippen LogP contribution in [0.3, 0.4) is 0 Å². The van der Waals surface area contributed by atoms with Crippen molar-refractivity contribution in [3.63, 3.8) is 0 Å². The number of benzene rings is 2. The van der Waals surface area contributed by atoms with Crippen LogP contribution >= 0.6 is 0 Å². The maximum Gasteiger partial charge on any atom is 0.229 e. The minimum Gasteiger partial charge on any atom is -0.373 e. The highest BCUT2D eigenvalue weighted by Gasteiger charge is 2.29. The molecule has 0 spiro atoms. The van der Waals surface area contributed by atoms with Crippen molar-refractivity contribution in [2.75, 3.05) is 17.7 Å². The number of nitrogens with zero attached hydrogens (tertiary/aromatic N) is 2. The zero-order valence-corrected chi connectivity index (χ0v) is 15.2. The first-order valence-corrected chi connectivity index (χ1v) is 9.29. The van der Waals surface area contributed by atoms with Gasteiger partial charge in [-0.05, 0) is 42.7 Å². The molecule has 0 bridgehead atoms. The van der Waals surface area contributed by atoms with Crippen LogP contribution in [0.15, 0.2) is 60.8 Å². The summed E-state index contributed by atoms with van der Waals surface area (Å²) >= 11 is 0. The summed E-state index contributed by atoms with van der Waals surface area (Å²) in [6.07, 6.45) is 4.02. The van der Waals surface area contributed by atoms with Gasteiger partial charge < -0.3 is 15.6 Å². The molecule has 2 aromatic carbocycles. The second kappa shape index (κ2) is 6.43. The number of hydrogen-bond acceptors (Lipinski definition) is 4. The Labute approximate surface area is 157 Å². The summed E-state index contributed by atoms with van der Waals surface area (Å²) in [7, 11) is 1.92. The lowest BCUT2D eigenvalue weighted by Gasteiger charge is -2.15. The van der Waals surface area contributed by atoms with Crippen LogP contribution in [0, 0.1) is 0 Å². The fourth-order valence-electron chi connectivity index (χ4n) is 3.99. The van der Waals surface area contributed by atoms with Gasteiger partial charge in [-0.15, -0.1) is 0 Å². The Morgan fingerprint density at radius 3 is 2.78 bits per heavy atom. The Morgan fingerprint density at radius 1 is 1.04 bits per heavy atom. The number of hydrogen-bond donors (Lipinski definition) is 3. The summed E-state index contributed by atoms with van der Waals surface area (Å²) in [5.41, 5.74) is 5.79. The number of aromatic nitrogens is 3. The third-order valence-corrected chi connectivity index (χ3v) is 5.30. The molecule has 0 amide bonds. The van der Waals surface area contributed by atoms with Crippen LogP contribution in [-0.2, 0) is 6.42 Å². The van der Waals surface area contributed by atoms with Crippen molar-refractivity contribution in [3.05, 3.63) is 77.6 Å². The zero-order chi connectivity index (χ0) is 18.2. The van der Waals surface area contributed by atoms with Crippen LogP contribution in [0.1, 0.15) is 29.2 Å². The molecule has 2 aromatic heterocycles. The van der Waals surface area contributed by atoms with E-state index < -0.39 is 0 Å². The van der Waals surface area contributed by atoms with Gasteiger partial charge in [0.15, 0.2) is 0 Å². The summed E-state index contributed by atoms with van der Waals surface area (Å²) in [5, 5.41) is 7.81. The summed E-state index contributed by atoms with van der Waals surface area (Å²) < 4.78 is 0. The van der Waals surface area contributed by atoms with Gasteiger partial charge in [-0.3, -0.25) is 0 Å². The van der Waals surface area contributed by atoms with E-state index in [1.165, 1.54) is 11.1 Å². The Kier molecular flexibility index (Phi) is 3.78. The van der Waals surface area contributed by atoms with Crippen molar-refractivity contribution < 1.29 is 0 Å². The van der Waals surface area contributed by atoms with Crippen molar-refractivity contribution in [1.29, 1.82) is 0 Å². The standard InChI is InChI=1S/C22H21N5/c1-23-21-18-9-8-17(14-5-3-2-4-6-14)20(18)26-22(27-21)25-16-7-10-19-15(13-16)11-12-24-19/h2-7,10-13,17,24H,8-9H2,1H3,(H2,23,25,26,27). The molecule has 0 saturated heterocycles. The molecular formula is C22H21N5. The van der Waals surface area contributed by atoms with E-state index in [2.05, 4.69) is 64.1 Å². The van der Waals surface area contributed by atoms with E-state index in [-0.39, 0.29) is 0 Å². The SMILES string of the molecule is CNc1nc(Nc2ccc3[nH]ccc3c2)nc2c1CCC2c1ccccc1. The number of rotatable bonds is 4. The lowest BCUT2D eigenvalue weighted by molar-refractivity contribution is 0.772. The zero-order valence-electron chi connectivity index (χ0n) is 15.2. The molecule has 3 N–H and O–H groups in total. The summed E-state index contributed by atoms with van der Waals surface area (Å²) in [5.74, 6) is 1.88. The fraction of sp³-hybridized carbons (Fsp3) is 0.182. The molecule has 1 unspecified atom stereocenters. The molecule has 5 rings (SSSR count). The molecule has 1 aliphatic rings. The molecule has 0 aliphatic heterocycles. The average molecular weight is 355 g/mol. The molecule has 1 atom stereocenters. The summed E-state index contributed by atoms with van der Waals surface area (Å²) in [6, 6.07) is 18.9. The first kappa shape index (κ1) is 15.9. The third kappa shape index (κ3) is 2.81. The van der Waals surface area contributed by atoms with Gasteiger partial charge in [-0.2, -0.15) is 4.98 Å². The maximum atomic E-state index is 4.91. The van der Waals surface area contributed by atoms with Crippen LogP contribution in [0.5, 0.6) is 0 Å². The van der Waals surface area contributed by atoms with E-state index in [1.807, 2.05) is 19.3 Å². The normalized spacial score (nSPS) is 15.7. The highest BCUT2D eigenvalue weighted by atomic mass is 15.1. The van der Waals surface area contributed by atoms with Crippen molar-refractivity contribution >= 4 is 28.4 Å². The van der Waals surface area contributed by atoms with Gasteiger partial charge >= 0.3 is 0 Å². The molecule has 5 heteroatoms. The predicted octanol–water partition coefficient (Wildman–Crippen LogP) is 4.82. The van der Waals surface area contributed by atoms with Crippen molar-refractivity contribution in [2.24, 2.45) is 0 Å². The van der Waals surface area contributed by atoms with Crippen molar-refractivity contribution in [2.45, 2.75) is 18.8 Å². The van der Waals surface area contributed by atoms with Gasteiger partial charge in [-0.25, -0.2) is 4.98 Å². The van der Waals surface area contributed by atoms with E-state index in [1.54, 1.807) is 0 Å². The van der Waals surface area contributed by atoms with E-state index >= 15 is 0 Å². The molecule has 0 saturated carbocycles. The van der Waals surface area contributed by atoms with Gasteiger partial charge in [0, 0.05) is 41.3 Å². The van der Waals surface area contributed by atoms with E-state index in [9.17, 15) is 0 Å². The molecule has 5 nitrogen and oxygen atoms in total. The average Bonchev–Trinajstić information content (AvgIpc) is 3.34. The predicted molar refractivity (Wildman–Crippen MR) is 110 cm³/mol. The molecule has 2 heterocycles. The fourth-order valence-corrected chi connectivity index (χ4v) is 3.99. The Morgan fingerprint density at radius 2 is 1.93 bits per heavy atom. The van der Waals surface area contributed by atoms with Crippen LogP contribution in [0.25, 0.3) is 10.9 Å².